The van der Waals surface area contributed by atoms with Crippen LogP contribution in [0.4, 0.5) is 10.1 Å². The molecule has 0 saturated heterocycles. The van der Waals surface area contributed by atoms with Crippen molar-refractivity contribution in [2.75, 3.05) is 18.5 Å². The Kier molecular flexibility index (Phi) is 4.71. The molecule has 0 heterocycles. The van der Waals surface area contributed by atoms with E-state index in [1.54, 1.807) is 12.1 Å². The van der Waals surface area contributed by atoms with Crippen molar-refractivity contribution in [1.29, 1.82) is 0 Å². The highest BCUT2D eigenvalue weighted by atomic mass is 19.1. The van der Waals surface area contributed by atoms with Crippen LogP contribution >= 0.6 is 0 Å². The lowest BCUT2D eigenvalue weighted by Gasteiger charge is -2.33. The third-order valence-electron chi connectivity index (χ3n) is 3.38. The van der Waals surface area contributed by atoms with Crippen LogP contribution in [0.1, 0.15) is 11.6 Å². The Morgan fingerprint density at radius 3 is 2.45 bits per heavy atom. The van der Waals surface area contributed by atoms with Crippen LogP contribution in [0.2, 0.25) is 0 Å². The molecule has 2 aromatic rings. The maximum atomic E-state index is 13.4. The highest BCUT2D eigenvalue weighted by Crippen LogP contribution is 2.28. The van der Waals surface area contributed by atoms with Crippen molar-refractivity contribution in [2.24, 2.45) is 5.73 Å². The van der Waals surface area contributed by atoms with Gasteiger partial charge in [0.05, 0.1) is 12.1 Å². The van der Waals surface area contributed by atoms with Gasteiger partial charge in [0.25, 0.3) is 0 Å². The van der Waals surface area contributed by atoms with E-state index in [4.69, 9.17) is 5.73 Å². The molecule has 0 fully saturated rings. The minimum absolute atomic E-state index is 0.109. The number of likely N-dealkylation sites (N-methyl/N-ethyl adjacent to an activating group) is 1. The fourth-order valence-electron chi connectivity index (χ4n) is 2.35. The van der Waals surface area contributed by atoms with Crippen LogP contribution in [0.5, 0.6) is 0 Å². The summed E-state index contributed by atoms with van der Waals surface area (Å²) in [5, 5.41) is 10.2. The van der Waals surface area contributed by atoms with E-state index in [9.17, 15) is 9.50 Å². The summed E-state index contributed by atoms with van der Waals surface area (Å²) in [7, 11) is 1.86. The van der Waals surface area contributed by atoms with Crippen LogP contribution in [0.25, 0.3) is 0 Å². The van der Waals surface area contributed by atoms with Crippen molar-refractivity contribution >= 4 is 5.69 Å². The highest BCUT2D eigenvalue weighted by Gasteiger charge is 2.25. The van der Waals surface area contributed by atoms with Crippen LogP contribution in [0.3, 0.4) is 0 Å². The van der Waals surface area contributed by atoms with Crippen LogP contribution in [-0.4, -0.2) is 24.8 Å². The highest BCUT2D eigenvalue weighted by molar-refractivity contribution is 5.48. The molecule has 106 valence electrons. The quantitative estimate of drug-likeness (QED) is 0.879. The zero-order valence-electron chi connectivity index (χ0n) is 11.4. The number of rotatable bonds is 5. The molecule has 0 aliphatic carbocycles. The number of benzene rings is 2. The SMILES string of the molecule is CN(c1ccccc1)C(c1cccc(F)c1)C(O)CN. The lowest BCUT2D eigenvalue weighted by atomic mass is 9.99. The Morgan fingerprint density at radius 1 is 1.15 bits per heavy atom. The molecule has 0 saturated carbocycles. The molecule has 2 unspecified atom stereocenters. The first kappa shape index (κ1) is 14.5. The summed E-state index contributed by atoms with van der Waals surface area (Å²) in [4.78, 5) is 1.91. The number of aliphatic hydroxyl groups is 1. The van der Waals surface area contributed by atoms with E-state index in [1.165, 1.54) is 12.1 Å². The van der Waals surface area contributed by atoms with E-state index in [0.717, 1.165) is 5.69 Å². The average molecular weight is 274 g/mol. The summed E-state index contributed by atoms with van der Waals surface area (Å²) < 4.78 is 13.4. The van der Waals surface area contributed by atoms with Gasteiger partial charge in [-0.2, -0.15) is 0 Å². The lowest BCUT2D eigenvalue weighted by Crippen LogP contribution is -2.38. The van der Waals surface area contributed by atoms with Gasteiger partial charge in [0.2, 0.25) is 0 Å². The number of halogens is 1. The van der Waals surface area contributed by atoms with Gasteiger partial charge in [-0.05, 0) is 29.8 Å². The Balaban J connectivity index is 2.38. The fourth-order valence-corrected chi connectivity index (χ4v) is 2.35. The maximum Gasteiger partial charge on any atom is 0.123 e. The van der Waals surface area contributed by atoms with Gasteiger partial charge in [0.15, 0.2) is 0 Å². The van der Waals surface area contributed by atoms with Gasteiger partial charge < -0.3 is 15.7 Å². The summed E-state index contributed by atoms with van der Waals surface area (Å²) >= 11 is 0. The predicted molar refractivity (Wildman–Crippen MR) is 79.0 cm³/mol. The number of aliphatic hydroxyl groups excluding tert-OH is 1. The molecule has 0 amide bonds. The Labute approximate surface area is 118 Å². The fraction of sp³-hybridized carbons (Fsp3) is 0.250. The Bertz CT molecular complexity index is 547. The van der Waals surface area contributed by atoms with E-state index < -0.39 is 12.1 Å². The van der Waals surface area contributed by atoms with Crippen LogP contribution in [-0.2, 0) is 0 Å². The van der Waals surface area contributed by atoms with Crippen molar-refractivity contribution < 1.29 is 9.50 Å². The number of nitrogens with zero attached hydrogens (tertiary/aromatic N) is 1. The molecule has 0 aromatic heterocycles. The number of hydrogen-bond donors (Lipinski definition) is 2. The molecule has 2 aromatic carbocycles. The van der Waals surface area contributed by atoms with Crippen LogP contribution < -0.4 is 10.6 Å². The normalized spacial score (nSPS) is 13.8. The summed E-state index contributed by atoms with van der Waals surface area (Å²) in [5.41, 5.74) is 7.24. The largest absolute Gasteiger partial charge is 0.389 e. The molecule has 20 heavy (non-hydrogen) atoms. The molecule has 2 atom stereocenters. The van der Waals surface area contributed by atoms with Crippen molar-refractivity contribution in [3.05, 3.63) is 66.0 Å². The van der Waals surface area contributed by atoms with E-state index in [1.807, 2.05) is 42.3 Å². The van der Waals surface area contributed by atoms with Crippen molar-refractivity contribution in [1.82, 2.24) is 0 Å². The van der Waals surface area contributed by atoms with Crippen molar-refractivity contribution in [3.8, 4) is 0 Å². The average Bonchev–Trinajstić information content (AvgIpc) is 2.48. The Morgan fingerprint density at radius 2 is 1.85 bits per heavy atom. The minimum Gasteiger partial charge on any atom is -0.389 e. The van der Waals surface area contributed by atoms with Crippen molar-refractivity contribution in [2.45, 2.75) is 12.1 Å². The van der Waals surface area contributed by atoms with E-state index in [2.05, 4.69) is 0 Å². The summed E-state index contributed by atoms with van der Waals surface area (Å²) in [6.45, 7) is 0.109. The molecule has 2 rings (SSSR count). The zero-order chi connectivity index (χ0) is 14.5. The molecule has 0 bridgehead atoms. The minimum atomic E-state index is -0.776. The van der Waals surface area contributed by atoms with Crippen LogP contribution in [0.15, 0.2) is 54.6 Å². The standard InChI is InChI=1S/C16H19FN2O/c1-19(14-8-3-2-4-9-14)16(15(20)11-18)12-6-5-7-13(17)10-12/h2-10,15-16,20H,11,18H2,1H3. The smallest absolute Gasteiger partial charge is 0.123 e. The molecule has 0 aliphatic rings. The second-order valence-corrected chi connectivity index (χ2v) is 4.75. The number of hydrogen-bond acceptors (Lipinski definition) is 3. The second-order valence-electron chi connectivity index (χ2n) is 4.75. The molecular formula is C16H19FN2O. The molecule has 3 N–H and O–H groups in total. The topological polar surface area (TPSA) is 49.5 Å². The van der Waals surface area contributed by atoms with Crippen molar-refractivity contribution in [3.63, 3.8) is 0 Å². The first-order valence-corrected chi connectivity index (χ1v) is 6.55. The maximum absolute atomic E-state index is 13.4. The second kappa shape index (κ2) is 6.50. The monoisotopic (exact) mass is 274 g/mol. The van der Waals surface area contributed by atoms with Gasteiger partial charge in [-0.15, -0.1) is 0 Å². The lowest BCUT2D eigenvalue weighted by molar-refractivity contribution is 0.150. The van der Waals surface area contributed by atoms with Gasteiger partial charge in [0.1, 0.15) is 5.82 Å². The summed E-state index contributed by atoms with van der Waals surface area (Å²) in [6.07, 6.45) is -0.776. The number of para-hydroxylation sites is 1. The first-order valence-electron chi connectivity index (χ1n) is 6.55. The number of anilines is 1. The van der Waals surface area contributed by atoms with Gasteiger partial charge in [0, 0.05) is 19.3 Å². The molecular weight excluding hydrogens is 255 g/mol. The number of nitrogens with two attached hydrogens (primary N) is 1. The van der Waals surface area contributed by atoms with E-state index in [-0.39, 0.29) is 12.4 Å². The van der Waals surface area contributed by atoms with Crippen LogP contribution in [0, 0.1) is 5.82 Å². The molecule has 3 nitrogen and oxygen atoms in total. The van der Waals surface area contributed by atoms with Gasteiger partial charge >= 0.3 is 0 Å². The van der Waals surface area contributed by atoms with Gasteiger partial charge in [-0.1, -0.05) is 30.3 Å². The molecule has 0 spiro atoms. The third kappa shape index (κ3) is 3.15. The molecule has 0 radical (unpaired) electrons. The van der Waals surface area contributed by atoms with Gasteiger partial charge in [-0.3, -0.25) is 0 Å². The first-order chi connectivity index (χ1) is 9.63. The Hall–Kier alpha value is -1.91. The third-order valence-corrected chi connectivity index (χ3v) is 3.38. The predicted octanol–water partition coefficient (Wildman–Crippen LogP) is 2.32. The summed E-state index contributed by atoms with van der Waals surface area (Å²) in [6, 6.07) is 15.5. The summed E-state index contributed by atoms with van der Waals surface area (Å²) in [5.74, 6) is -0.321. The molecule has 4 heteroatoms. The van der Waals surface area contributed by atoms with E-state index in [0.29, 0.717) is 5.56 Å². The molecule has 0 aliphatic heterocycles. The van der Waals surface area contributed by atoms with Gasteiger partial charge in [-0.25, -0.2) is 4.39 Å². The van der Waals surface area contributed by atoms with E-state index >= 15 is 0 Å². The zero-order valence-corrected chi connectivity index (χ0v) is 11.4.